The maximum absolute atomic E-state index is 12.1. The maximum atomic E-state index is 12.1. The van der Waals surface area contributed by atoms with E-state index in [1.165, 1.54) is 7.11 Å². The molecule has 5 heteroatoms. The molecule has 2 atom stereocenters. The van der Waals surface area contributed by atoms with Crippen LogP contribution in [0.1, 0.15) is 27.2 Å². The standard InChI is InChI=1S/C11H20N2O3/c1-7(2)13-8(3)6-12-9(11(13)15)5-10(14)16-4/h7-9,12H,5-6H2,1-4H3. The first-order chi connectivity index (χ1) is 7.47. The molecule has 1 fully saturated rings. The average Bonchev–Trinajstić information content (AvgIpc) is 2.21. The Morgan fingerprint density at radius 2 is 2.25 bits per heavy atom. The highest BCUT2D eigenvalue weighted by molar-refractivity contribution is 5.87. The molecule has 0 spiro atoms. The molecule has 0 radical (unpaired) electrons. The SMILES string of the molecule is COC(=O)CC1NCC(C)N(C(C)C)C1=O. The third-order valence-electron chi connectivity index (χ3n) is 2.84. The van der Waals surface area contributed by atoms with Crippen LogP contribution < -0.4 is 5.32 Å². The van der Waals surface area contributed by atoms with Gasteiger partial charge in [0.2, 0.25) is 5.91 Å². The number of nitrogens with one attached hydrogen (secondary N) is 1. The number of carbonyl (C=O) groups is 2. The van der Waals surface area contributed by atoms with Gasteiger partial charge in [-0.05, 0) is 20.8 Å². The predicted molar refractivity (Wildman–Crippen MR) is 59.9 cm³/mol. The van der Waals surface area contributed by atoms with Crippen LogP contribution in [-0.4, -0.2) is 48.6 Å². The van der Waals surface area contributed by atoms with E-state index < -0.39 is 6.04 Å². The minimum atomic E-state index is -0.439. The van der Waals surface area contributed by atoms with Crippen LogP contribution in [0.15, 0.2) is 0 Å². The summed E-state index contributed by atoms with van der Waals surface area (Å²) in [6.07, 6.45) is 0.102. The molecule has 0 aromatic heterocycles. The van der Waals surface area contributed by atoms with Gasteiger partial charge in [-0.1, -0.05) is 0 Å². The number of methoxy groups -OCH3 is 1. The van der Waals surface area contributed by atoms with Crippen molar-refractivity contribution in [3.63, 3.8) is 0 Å². The van der Waals surface area contributed by atoms with Crippen molar-refractivity contribution in [1.82, 2.24) is 10.2 Å². The van der Waals surface area contributed by atoms with Gasteiger partial charge >= 0.3 is 5.97 Å². The fraction of sp³-hybridized carbons (Fsp3) is 0.818. The van der Waals surface area contributed by atoms with Crippen molar-refractivity contribution in [2.45, 2.75) is 45.3 Å². The number of amides is 1. The second-order valence-electron chi connectivity index (χ2n) is 4.43. The molecule has 0 bridgehead atoms. The molecule has 16 heavy (non-hydrogen) atoms. The molecule has 0 aromatic rings. The number of rotatable bonds is 3. The van der Waals surface area contributed by atoms with Crippen LogP contribution in [0.5, 0.6) is 0 Å². The Labute approximate surface area is 96.1 Å². The molecule has 1 rings (SSSR count). The van der Waals surface area contributed by atoms with E-state index in [9.17, 15) is 9.59 Å². The number of ether oxygens (including phenoxy) is 1. The van der Waals surface area contributed by atoms with E-state index in [0.717, 1.165) is 0 Å². The van der Waals surface area contributed by atoms with E-state index in [4.69, 9.17) is 0 Å². The van der Waals surface area contributed by atoms with Crippen LogP contribution in [-0.2, 0) is 14.3 Å². The van der Waals surface area contributed by atoms with Crippen LogP contribution >= 0.6 is 0 Å². The summed E-state index contributed by atoms with van der Waals surface area (Å²) in [4.78, 5) is 25.1. The third-order valence-corrected chi connectivity index (χ3v) is 2.84. The fourth-order valence-corrected chi connectivity index (χ4v) is 2.07. The molecular formula is C11H20N2O3. The molecule has 1 amide bonds. The largest absolute Gasteiger partial charge is 0.469 e. The van der Waals surface area contributed by atoms with Crippen molar-refractivity contribution in [1.29, 1.82) is 0 Å². The number of hydrogen-bond acceptors (Lipinski definition) is 4. The number of nitrogens with zero attached hydrogens (tertiary/aromatic N) is 1. The zero-order chi connectivity index (χ0) is 12.3. The quantitative estimate of drug-likeness (QED) is 0.698. The lowest BCUT2D eigenvalue weighted by molar-refractivity contribution is -0.148. The Bertz CT molecular complexity index is 278. The zero-order valence-corrected chi connectivity index (χ0v) is 10.3. The Kier molecular flexibility index (Phi) is 4.29. The highest BCUT2D eigenvalue weighted by Gasteiger charge is 2.35. The molecule has 1 heterocycles. The van der Waals surface area contributed by atoms with Gasteiger partial charge in [-0.25, -0.2) is 0 Å². The Morgan fingerprint density at radius 3 is 2.75 bits per heavy atom. The zero-order valence-electron chi connectivity index (χ0n) is 10.3. The van der Waals surface area contributed by atoms with Crippen molar-refractivity contribution >= 4 is 11.9 Å². The number of piperazine rings is 1. The lowest BCUT2D eigenvalue weighted by atomic mass is 10.0. The lowest BCUT2D eigenvalue weighted by Crippen LogP contribution is -2.61. The van der Waals surface area contributed by atoms with Crippen LogP contribution in [0.25, 0.3) is 0 Å². The minimum Gasteiger partial charge on any atom is -0.469 e. The van der Waals surface area contributed by atoms with E-state index in [1.54, 1.807) is 0 Å². The van der Waals surface area contributed by atoms with Gasteiger partial charge in [-0.15, -0.1) is 0 Å². The maximum Gasteiger partial charge on any atom is 0.307 e. The van der Waals surface area contributed by atoms with Crippen molar-refractivity contribution in [2.24, 2.45) is 0 Å². The Balaban J connectivity index is 2.69. The van der Waals surface area contributed by atoms with Crippen molar-refractivity contribution < 1.29 is 14.3 Å². The van der Waals surface area contributed by atoms with Crippen LogP contribution in [0.3, 0.4) is 0 Å². The van der Waals surface area contributed by atoms with Crippen LogP contribution in [0.4, 0.5) is 0 Å². The van der Waals surface area contributed by atoms with E-state index in [-0.39, 0.29) is 30.4 Å². The van der Waals surface area contributed by atoms with Gasteiger partial charge < -0.3 is 15.0 Å². The smallest absolute Gasteiger partial charge is 0.307 e. The third kappa shape index (κ3) is 2.72. The molecule has 1 aliphatic heterocycles. The first-order valence-corrected chi connectivity index (χ1v) is 5.59. The van der Waals surface area contributed by atoms with E-state index in [2.05, 4.69) is 10.1 Å². The van der Waals surface area contributed by atoms with Crippen molar-refractivity contribution in [2.75, 3.05) is 13.7 Å². The van der Waals surface area contributed by atoms with E-state index in [0.29, 0.717) is 6.54 Å². The van der Waals surface area contributed by atoms with Crippen LogP contribution in [0.2, 0.25) is 0 Å². The second kappa shape index (κ2) is 5.30. The van der Waals surface area contributed by atoms with Crippen LogP contribution in [0, 0.1) is 0 Å². The summed E-state index contributed by atoms with van der Waals surface area (Å²) in [6.45, 7) is 6.68. The molecule has 0 aliphatic carbocycles. The van der Waals surface area contributed by atoms with Gasteiger partial charge in [0.05, 0.1) is 19.6 Å². The highest BCUT2D eigenvalue weighted by Crippen LogP contribution is 2.14. The molecule has 5 nitrogen and oxygen atoms in total. The number of esters is 1. The Morgan fingerprint density at radius 1 is 1.62 bits per heavy atom. The monoisotopic (exact) mass is 228 g/mol. The predicted octanol–water partition coefficient (Wildman–Crippen LogP) is 0.147. The van der Waals surface area contributed by atoms with Gasteiger partial charge in [-0.3, -0.25) is 9.59 Å². The lowest BCUT2D eigenvalue weighted by Gasteiger charge is -2.40. The summed E-state index contributed by atoms with van der Waals surface area (Å²) < 4.78 is 4.57. The molecule has 1 saturated heterocycles. The summed E-state index contributed by atoms with van der Waals surface area (Å²) in [5, 5.41) is 3.08. The molecule has 0 saturated carbocycles. The van der Waals surface area contributed by atoms with Gasteiger partial charge in [-0.2, -0.15) is 0 Å². The second-order valence-corrected chi connectivity index (χ2v) is 4.43. The summed E-state index contributed by atoms with van der Waals surface area (Å²) >= 11 is 0. The molecule has 0 aromatic carbocycles. The number of carbonyl (C=O) groups excluding carboxylic acids is 2. The minimum absolute atomic E-state index is 0.0147. The number of hydrogen-bond donors (Lipinski definition) is 1. The topological polar surface area (TPSA) is 58.6 Å². The Hall–Kier alpha value is -1.10. The van der Waals surface area contributed by atoms with Crippen molar-refractivity contribution in [3.8, 4) is 0 Å². The van der Waals surface area contributed by atoms with E-state index >= 15 is 0 Å². The summed E-state index contributed by atoms with van der Waals surface area (Å²) in [6, 6.07) is -0.114. The molecule has 1 N–H and O–H groups in total. The first kappa shape index (κ1) is 13.0. The fourth-order valence-electron chi connectivity index (χ4n) is 2.07. The summed E-state index contributed by atoms with van der Waals surface area (Å²) in [5.41, 5.74) is 0. The molecular weight excluding hydrogens is 208 g/mol. The normalized spacial score (nSPS) is 26.1. The van der Waals surface area contributed by atoms with Gasteiger partial charge in [0, 0.05) is 18.6 Å². The van der Waals surface area contributed by atoms with Gasteiger partial charge in [0.15, 0.2) is 0 Å². The van der Waals surface area contributed by atoms with Gasteiger partial charge in [0.1, 0.15) is 0 Å². The molecule has 2 unspecified atom stereocenters. The van der Waals surface area contributed by atoms with Crippen molar-refractivity contribution in [3.05, 3.63) is 0 Å². The summed E-state index contributed by atoms with van der Waals surface area (Å²) in [5.74, 6) is -0.372. The average molecular weight is 228 g/mol. The summed E-state index contributed by atoms with van der Waals surface area (Å²) in [7, 11) is 1.33. The molecule has 92 valence electrons. The first-order valence-electron chi connectivity index (χ1n) is 5.59. The van der Waals surface area contributed by atoms with Gasteiger partial charge in [0.25, 0.3) is 0 Å². The molecule has 1 aliphatic rings. The highest BCUT2D eigenvalue weighted by atomic mass is 16.5. The van der Waals surface area contributed by atoms with E-state index in [1.807, 2.05) is 25.7 Å².